The third-order valence-corrected chi connectivity index (χ3v) is 5.17. The van der Waals surface area contributed by atoms with Gasteiger partial charge in [0.1, 0.15) is 0 Å². The Kier molecular flexibility index (Phi) is 5.07. The van der Waals surface area contributed by atoms with Crippen LogP contribution in [0.5, 0.6) is 0 Å². The van der Waals surface area contributed by atoms with Gasteiger partial charge >= 0.3 is 6.18 Å². The van der Waals surface area contributed by atoms with Crippen LogP contribution in [-0.4, -0.2) is 10.9 Å². The molecule has 4 rings (SSSR count). The van der Waals surface area contributed by atoms with E-state index >= 15 is 0 Å². The van der Waals surface area contributed by atoms with Gasteiger partial charge in [0.15, 0.2) is 0 Å². The molecule has 0 saturated carbocycles. The molecule has 2 aromatic carbocycles. The molecule has 2 heterocycles. The molecule has 2 aromatic heterocycles. The number of hydrogen-bond donors (Lipinski definition) is 1. The van der Waals surface area contributed by atoms with Crippen molar-refractivity contribution < 1.29 is 18.0 Å². The van der Waals surface area contributed by atoms with Crippen LogP contribution in [0.2, 0.25) is 0 Å². The number of pyridine rings is 1. The van der Waals surface area contributed by atoms with Crippen LogP contribution in [0, 0.1) is 0 Å². The predicted molar refractivity (Wildman–Crippen MR) is 108 cm³/mol. The molecule has 0 radical (unpaired) electrons. The summed E-state index contributed by atoms with van der Waals surface area (Å²) in [6.07, 6.45) is -4.42. The van der Waals surface area contributed by atoms with E-state index < -0.39 is 11.7 Å². The minimum atomic E-state index is -4.42. The molecule has 0 bridgehead atoms. The number of nitrogens with zero attached hydrogens (tertiary/aromatic N) is 1. The van der Waals surface area contributed by atoms with E-state index in [0.717, 1.165) is 17.7 Å². The van der Waals surface area contributed by atoms with Crippen LogP contribution in [0.15, 0.2) is 71.4 Å². The summed E-state index contributed by atoms with van der Waals surface area (Å²) in [6.45, 7) is -0.00676. The Bertz CT molecular complexity index is 1170. The first-order valence-electron chi connectivity index (χ1n) is 8.78. The van der Waals surface area contributed by atoms with Gasteiger partial charge in [-0.05, 0) is 41.3 Å². The Morgan fingerprint density at radius 1 is 1.03 bits per heavy atom. The zero-order valence-corrected chi connectivity index (χ0v) is 15.8. The van der Waals surface area contributed by atoms with Crippen molar-refractivity contribution in [2.24, 2.45) is 0 Å². The second kappa shape index (κ2) is 7.67. The minimum Gasteiger partial charge on any atom is -0.348 e. The van der Waals surface area contributed by atoms with E-state index in [-0.39, 0.29) is 12.5 Å². The lowest BCUT2D eigenvalue weighted by Gasteiger charge is -2.11. The molecule has 0 aliphatic carbocycles. The zero-order valence-electron chi connectivity index (χ0n) is 15.0. The van der Waals surface area contributed by atoms with Gasteiger partial charge in [-0.1, -0.05) is 30.3 Å². The Hall–Kier alpha value is -3.19. The number of nitrogens with one attached hydrogen (secondary N) is 1. The molecule has 146 valence electrons. The van der Waals surface area contributed by atoms with Gasteiger partial charge in [-0.25, -0.2) is 4.98 Å². The van der Waals surface area contributed by atoms with Crippen molar-refractivity contribution >= 4 is 28.1 Å². The molecule has 0 aliphatic heterocycles. The first-order chi connectivity index (χ1) is 13.9. The standard InChI is InChI=1S/C22H15F3N2OS/c23-22(24,25)16-5-3-4-14(10-16)12-26-21(28)18-11-20(15-8-9-29-13-15)27-19-7-2-1-6-17(18)19/h1-11,13H,12H2,(H,26,28). The van der Waals surface area contributed by atoms with Gasteiger partial charge in [-0.15, -0.1) is 0 Å². The third kappa shape index (κ3) is 4.14. The summed E-state index contributed by atoms with van der Waals surface area (Å²) in [5, 5.41) is 7.29. The van der Waals surface area contributed by atoms with Gasteiger partial charge in [-0.2, -0.15) is 24.5 Å². The minimum absolute atomic E-state index is 0.00676. The fourth-order valence-corrected chi connectivity index (χ4v) is 3.71. The Balaban J connectivity index is 1.63. The summed E-state index contributed by atoms with van der Waals surface area (Å²) in [7, 11) is 0. The molecule has 7 heteroatoms. The predicted octanol–water partition coefficient (Wildman–Crippen LogP) is 5.91. The maximum absolute atomic E-state index is 12.9. The van der Waals surface area contributed by atoms with Crippen molar-refractivity contribution in [2.45, 2.75) is 12.7 Å². The van der Waals surface area contributed by atoms with Crippen LogP contribution in [0.1, 0.15) is 21.5 Å². The van der Waals surface area contributed by atoms with Crippen LogP contribution in [0.4, 0.5) is 13.2 Å². The molecule has 3 nitrogen and oxygen atoms in total. The first kappa shape index (κ1) is 19.1. The molecule has 1 N–H and O–H groups in total. The van der Waals surface area contributed by atoms with Crippen molar-refractivity contribution in [2.75, 3.05) is 0 Å². The molecule has 0 atom stereocenters. The fraction of sp³-hybridized carbons (Fsp3) is 0.0909. The van der Waals surface area contributed by atoms with Crippen LogP contribution in [0.25, 0.3) is 22.2 Å². The van der Waals surface area contributed by atoms with Gasteiger partial charge in [0.05, 0.1) is 22.3 Å². The maximum Gasteiger partial charge on any atom is 0.416 e. The Labute approximate surface area is 168 Å². The van der Waals surface area contributed by atoms with E-state index in [1.165, 1.54) is 17.4 Å². The van der Waals surface area contributed by atoms with Crippen molar-refractivity contribution in [1.29, 1.82) is 0 Å². The van der Waals surface area contributed by atoms with Crippen molar-refractivity contribution in [1.82, 2.24) is 10.3 Å². The number of thiophene rings is 1. The summed E-state index contributed by atoms with van der Waals surface area (Å²) < 4.78 is 38.7. The monoisotopic (exact) mass is 412 g/mol. The van der Waals surface area contributed by atoms with Gasteiger partial charge in [-0.3, -0.25) is 4.79 Å². The molecule has 0 saturated heterocycles. The molecule has 0 aliphatic rings. The Morgan fingerprint density at radius 3 is 2.62 bits per heavy atom. The molecule has 0 spiro atoms. The van der Waals surface area contributed by atoms with Crippen LogP contribution < -0.4 is 5.32 Å². The summed E-state index contributed by atoms with van der Waals surface area (Å²) in [5.74, 6) is -0.363. The third-order valence-electron chi connectivity index (χ3n) is 4.49. The van der Waals surface area contributed by atoms with Crippen molar-refractivity contribution in [3.8, 4) is 11.3 Å². The molecular formula is C22H15F3N2OS. The molecular weight excluding hydrogens is 397 g/mol. The molecule has 1 amide bonds. The van der Waals surface area contributed by atoms with Crippen LogP contribution in [-0.2, 0) is 12.7 Å². The van der Waals surface area contributed by atoms with E-state index in [4.69, 9.17) is 0 Å². The quantitative estimate of drug-likeness (QED) is 0.453. The number of hydrogen-bond acceptors (Lipinski definition) is 3. The summed E-state index contributed by atoms with van der Waals surface area (Å²) in [6, 6.07) is 15.9. The normalized spacial score (nSPS) is 11.6. The second-order valence-electron chi connectivity index (χ2n) is 6.47. The highest BCUT2D eigenvalue weighted by Gasteiger charge is 2.30. The summed E-state index contributed by atoms with van der Waals surface area (Å²) in [4.78, 5) is 17.5. The summed E-state index contributed by atoms with van der Waals surface area (Å²) in [5.41, 5.74) is 2.34. The highest BCUT2D eigenvalue weighted by molar-refractivity contribution is 7.08. The number of halogens is 3. The topological polar surface area (TPSA) is 42.0 Å². The van der Waals surface area contributed by atoms with E-state index in [9.17, 15) is 18.0 Å². The number of aromatic nitrogens is 1. The number of fused-ring (bicyclic) bond motifs is 1. The average Bonchev–Trinajstić information content (AvgIpc) is 3.26. The molecule has 0 fully saturated rings. The first-order valence-corrected chi connectivity index (χ1v) is 9.73. The lowest BCUT2D eigenvalue weighted by Crippen LogP contribution is -2.23. The zero-order chi connectivity index (χ0) is 20.4. The molecule has 29 heavy (non-hydrogen) atoms. The van der Waals surface area contributed by atoms with Gasteiger partial charge in [0.2, 0.25) is 0 Å². The smallest absolute Gasteiger partial charge is 0.348 e. The number of alkyl halides is 3. The lowest BCUT2D eigenvalue weighted by molar-refractivity contribution is -0.137. The van der Waals surface area contributed by atoms with E-state index in [2.05, 4.69) is 10.3 Å². The van der Waals surface area contributed by atoms with E-state index in [1.54, 1.807) is 18.2 Å². The highest BCUT2D eigenvalue weighted by Crippen LogP contribution is 2.30. The second-order valence-corrected chi connectivity index (χ2v) is 7.25. The van der Waals surface area contributed by atoms with Crippen molar-refractivity contribution in [3.63, 3.8) is 0 Å². The number of benzene rings is 2. The average molecular weight is 412 g/mol. The SMILES string of the molecule is O=C(NCc1cccc(C(F)(F)F)c1)c1cc(-c2ccsc2)nc2ccccc12. The maximum atomic E-state index is 12.9. The number of amides is 1. The lowest BCUT2D eigenvalue weighted by atomic mass is 10.0. The molecule has 0 unspecified atom stereocenters. The van der Waals surface area contributed by atoms with Crippen LogP contribution in [0.3, 0.4) is 0 Å². The fourth-order valence-electron chi connectivity index (χ4n) is 3.06. The van der Waals surface area contributed by atoms with E-state index in [1.807, 2.05) is 35.0 Å². The van der Waals surface area contributed by atoms with E-state index in [0.29, 0.717) is 27.7 Å². The number of rotatable bonds is 4. The highest BCUT2D eigenvalue weighted by atomic mass is 32.1. The Morgan fingerprint density at radius 2 is 1.86 bits per heavy atom. The number of carbonyl (C=O) groups is 1. The van der Waals surface area contributed by atoms with Gasteiger partial charge in [0, 0.05) is 22.9 Å². The number of carbonyl (C=O) groups excluding carboxylic acids is 1. The molecule has 4 aromatic rings. The van der Waals surface area contributed by atoms with Gasteiger partial charge < -0.3 is 5.32 Å². The van der Waals surface area contributed by atoms with Crippen molar-refractivity contribution in [3.05, 3.63) is 88.1 Å². The largest absolute Gasteiger partial charge is 0.416 e. The van der Waals surface area contributed by atoms with Crippen LogP contribution >= 0.6 is 11.3 Å². The van der Waals surface area contributed by atoms with Gasteiger partial charge in [0.25, 0.3) is 5.91 Å². The summed E-state index contributed by atoms with van der Waals surface area (Å²) >= 11 is 1.53. The number of para-hydroxylation sites is 1.